The van der Waals surface area contributed by atoms with Gasteiger partial charge < -0.3 is 5.11 Å². The lowest BCUT2D eigenvalue weighted by Crippen LogP contribution is -2.28. The highest BCUT2D eigenvalue weighted by molar-refractivity contribution is 5.75. The van der Waals surface area contributed by atoms with Gasteiger partial charge >= 0.3 is 5.97 Å². The van der Waals surface area contributed by atoms with Crippen LogP contribution < -0.4 is 5.32 Å². The fourth-order valence-electron chi connectivity index (χ4n) is 1.82. The maximum atomic E-state index is 12.8. The van der Waals surface area contributed by atoms with Crippen molar-refractivity contribution < 1.29 is 14.3 Å². The molecule has 4 heteroatoms. The average molecular weight is 259 g/mol. The van der Waals surface area contributed by atoms with Crippen LogP contribution in [0.15, 0.2) is 54.6 Å². The molecule has 0 aromatic heterocycles. The summed E-state index contributed by atoms with van der Waals surface area (Å²) < 4.78 is 12.8. The fraction of sp³-hybridized carbons (Fsp3) is 0.133. The van der Waals surface area contributed by atoms with E-state index in [9.17, 15) is 14.3 Å². The van der Waals surface area contributed by atoms with E-state index >= 15 is 0 Å². The molecule has 1 unspecified atom stereocenters. The van der Waals surface area contributed by atoms with E-state index in [4.69, 9.17) is 0 Å². The first-order valence-corrected chi connectivity index (χ1v) is 5.92. The minimum atomic E-state index is -0.984. The van der Waals surface area contributed by atoms with E-state index in [-0.39, 0.29) is 5.82 Å². The average Bonchev–Trinajstić information content (AvgIpc) is 2.42. The Morgan fingerprint density at radius 1 is 1.11 bits per heavy atom. The van der Waals surface area contributed by atoms with Crippen molar-refractivity contribution >= 4 is 5.97 Å². The van der Waals surface area contributed by atoms with Crippen LogP contribution in [0.3, 0.4) is 0 Å². The Labute approximate surface area is 110 Å². The summed E-state index contributed by atoms with van der Waals surface area (Å²) in [6.45, 7) is 0.440. The largest absolute Gasteiger partial charge is 0.480 e. The lowest BCUT2D eigenvalue weighted by Gasteiger charge is -2.15. The SMILES string of the molecule is O=C(O)C(NCc1ccccc1)c1ccc(F)cc1. The van der Waals surface area contributed by atoms with Gasteiger partial charge in [0.25, 0.3) is 0 Å². The molecule has 0 amide bonds. The van der Waals surface area contributed by atoms with Crippen LogP contribution in [0.5, 0.6) is 0 Å². The molecule has 0 aliphatic rings. The van der Waals surface area contributed by atoms with Gasteiger partial charge in [-0.3, -0.25) is 10.1 Å². The maximum Gasteiger partial charge on any atom is 0.325 e. The molecule has 0 aliphatic heterocycles. The molecule has 19 heavy (non-hydrogen) atoms. The Hall–Kier alpha value is -2.20. The zero-order chi connectivity index (χ0) is 13.7. The van der Waals surface area contributed by atoms with Crippen molar-refractivity contribution in [2.24, 2.45) is 0 Å². The van der Waals surface area contributed by atoms with Crippen LogP contribution in [0.25, 0.3) is 0 Å². The molecule has 0 aliphatic carbocycles. The van der Waals surface area contributed by atoms with Crippen LogP contribution in [0.2, 0.25) is 0 Å². The highest BCUT2D eigenvalue weighted by Gasteiger charge is 2.18. The number of aliphatic carboxylic acids is 1. The smallest absolute Gasteiger partial charge is 0.325 e. The van der Waals surface area contributed by atoms with E-state index in [0.717, 1.165) is 5.56 Å². The molecular weight excluding hydrogens is 245 g/mol. The van der Waals surface area contributed by atoms with Crippen LogP contribution in [-0.2, 0) is 11.3 Å². The number of carboxylic acid groups (broad SMARTS) is 1. The molecule has 2 N–H and O–H groups in total. The van der Waals surface area contributed by atoms with Crippen LogP contribution in [0.4, 0.5) is 4.39 Å². The highest BCUT2D eigenvalue weighted by Crippen LogP contribution is 2.15. The topological polar surface area (TPSA) is 49.3 Å². The molecule has 0 spiro atoms. The first kappa shape index (κ1) is 13.2. The highest BCUT2D eigenvalue weighted by atomic mass is 19.1. The molecule has 0 heterocycles. The van der Waals surface area contributed by atoms with E-state index in [0.29, 0.717) is 12.1 Å². The van der Waals surface area contributed by atoms with Crippen molar-refractivity contribution in [2.45, 2.75) is 12.6 Å². The summed E-state index contributed by atoms with van der Waals surface area (Å²) in [5, 5.41) is 12.2. The van der Waals surface area contributed by atoms with Gasteiger partial charge in [0.05, 0.1) is 0 Å². The Balaban J connectivity index is 2.09. The monoisotopic (exact) mass is 259 g/mol. The molecule has 2 rings (SSSR count). The van der Waals surface area contributed by atoms with Crippen molar-refractivity contribution in [3.63, 3.8) is 0 Å². The molecule has 1 atom stereocenters. The van der Waals surface area contributed by atoms with Crippen LogP contribution >= 0.6 is 0 Å². The van der Waals surface area contributed by atoms with Gasteiger partial charge in [-0.25, -0.2) is 4.39 Å². The summed E-state index contributed by atoms with van der Waals surface area (Å²) >= 11 is 0. The minimum Gasteiger partial charge on any atom is -0.480 e. The number of hydrogen-bond acceptors (Lipinski definition) is 2. The van der Waals surface area contributed by atoms with Gasteiger partial charge in [0.15, 0.2) is 0 Å². The molecule has 3 nitrogen and oxygen atoms in total. The zero-order valence-corrected chi connectivity index (χ0v) is 10.2. The fourth-order valence-corrected chi connectivity index (χ4v) is 1.82. The molecular formula is C15H14FNO2. The van der Waals surface area contributed by atoms with Crippen LogP contribution in [0.1, 0.15) is 17.2 Å². The number of hydrogen-bond donors (Lipinski definition) is 2. The first-order valence-electron chi connectivity index (χ1n) is 5.92. The number of halogens is 1. The Kier molecular flexibility index (Phi) is 4.26. The minimum absolute atomic E-state index is 0.379. The predicted molar refractivity (Wildman–Crippen MR) is 70.1 cm³/mol. The second-order valence-electron chi connectivity index (χ2n) is 4.19. The van der Waals surface area contributed by atoms with E-state index in [2.05, 4.69) is 5.32 Å². The second kappa shape index (κ2) is 6.11. The van der Waals surface area contributed by atoms with Crippen molar-refractivity contribution in [2.75, 3.05) is 0 Å². The number of carbonyl (C=O) groups is 1. The molecule has 0 bridgehead atoms. The van der Waals surface area contributed by atoms with E-state index in [1.165, 1.54) is 24.3 Å². The molecule has 98 valence electrons. The number of rotatable bonds is 5. The lowest BCUT2D eigenvalue weighted by molar-refractivity contribution is -0.139. The molecule has 0 saturated heterocycles. The van der Waals surface area contributed by atoms with E-state index in [1.54, 1.807) is 0 Å². The van der Waals surface area contributed by atoms with E-state index in [1.807, 2.05) is 30.3 Å². The summed E-state index contributed by atoms with van der Waals surface area (Å²) in [7, 11) is 0. The van der Waals surface area contributed by atoms with Gasteiger partial charge in [-0.1, -0.05) is 42.5 Å². The third-order valence-electron chi connectivity index (χ3n) is 2.80. The van der Waals surface area contributed by atoms with Gasteiger partial charge in [0.1, 0.15) is 11.9 Å². The van der Waals surface area contributed by atoms with E-state index < -0.39 is 12.0 Å². The number of benzene rings is 2. The summed E-state index contributed by atoms with van der Waals surface area (Å²) in [5.41, 5.74) is 1.53. The Bertz CT molecular complexity index is 540. The summed E-state index contributed by atoms with van der Waals surface area (Å²) in [5.74, 6) is -1.36. The van der Waals surface area contributed by atoms with Gasteiger partial charge in [-0.2, -0.15) is 0 Å². The Morgan fingerprint density at radius 3 is 2.32 bits per heavy atom. The summed E-state index contributed by atoms with van der Waals surface area (Å²) in [6.07, 6.45) is 0. The number of nitrogens with one attached hydrogen (secondary N) is 1. The van der Waals surface area contributed by atoms with Crippen molar-refractivity contribution in [3.05, 3.63) is 71.5 Å². The standard InChI is InChI=1S/C15H14FNO2/c16-13-8-6-12(7-9-13)14(15(18)19)17-10-11-4-2-1-3-5-11/h1-9,14,17H,10H2,(H,18,19). The maximum absolute atomic E-state index is 12.8. The molecule has 2 aromatic rings. The molecule has 2 aromatic carbocycles. The third-order valence-corrected chi connectivity index (χ3v) is 2.80. The first-order chi connectivity index (χ1) is 9.16. The lowest BCUT2D eigenvalue weighted by atomic mass is 10.1. The molecule has 0 fully saturated rings. The summed E-state index contributed by atoms with van der Waals surface area (Å²) in [6, 6.07) is 14.1. The second-order valence-corrected chi connectivity index (χ2v) is 4.19. The predicted octanol–water partition coefficient (Wildman–Crippen LogP) is 2.74. The van der Waals surface area contributed by atoms with Crippen molar-refractivity contribution in [3.8, 4) is 0 Å². The third kappa shape index (κ3) is 3.63. The quantitative estimate of drug-likeness (QED) is 0.868. The van der Waals surface area contributed by atoms with Crippen LogP contribution in [0, 0.1) is 5.82 Å². The molecule has 0 saturated carbocycles. The van der Waals surface area contributed by atoms with Gasteiger partial charge in [0, 0.05) is 6.54 Å². The Morgan fingerprint density at radius 2 is 1.74 bits per heavy atom. The van der Waals surface area contributed by atoms with Gasteiger partial charge in [0.2, 0.25) is 0 Å². The normalized spacial score (nSPS) is 12.1. The summed E-state index contributed by atoms with van der Waals surface area (Å²) in [4.78, 5) is 11.2. The van der Waals surface area contributed by atoms with Crippen LogP contribution in [-0.4, -0.2) is 11.1 Å². The van der Waals surface area contributed by atoms with Gasteiger partial charge in [-0.15, -0.1) is 0 Å². The van der Waals surface area contributed by atoms with Crippen molar-refractivity contribution in [1.29, 1.82) is 0 Å². The molecule has 0 radical (unpaired) electrons. The zero-order valence-electron chi connectivity index (χ0n) is 10.2. The number of carboxylic acids is 1. The van der Waals surface area contributed by atoms with Crippen molar-refractivity contribution in [1.82, 2.24) is 5.32 Å². The van der Waals surface area contributed by atoms with Gasteiger partial charge in [-0.05, 0) is 23.3 Å².